The number of carboxylic acids is 1. The van der Waals surface area contributed by atoms with Gasteiger partial charge in [-0.1, -0.05) is 91.0 Å². The Morgan fingerprint density at radius 1 is 0.829 bits per heavy atom. The van der Waals surface area contributed by atoms with Crippen LogP contribution in [0.15, 0.2) is 114 Å². The van der Waals surface area contributed by atoms with Crippen LogP contribution in [0.3, 0.4) is 0 Å². The second kappa shape index (κ2) is 11.1. The molecule has 2 unspecified atom stereocenters. The zero-order chi connectivity index (χ0) is 24.7. The van der Waals surface area contributed by atoms with Gasteiger partial charge in [-0.15, -0.1) is 0 Å². The number of benzene rings is 3. The van der Waals surface area contributed by atoms with Crippen LogP contribution in [0, 0.1) is 0 Å². The summed E-state index contributed by atoms with van der Waals surface area (Å²) in [7, 11) is 1.42. The molecule has 1 aliphatic rings. The molecule has 3 aromatic carbocycles. The zero-order valence-corrected chi connectivity index (χ0v) is 19.5. The Kier molecular flexibility index (Phi) is 7.77. The first-order valence-corrected chi connectivity index (χ1v) is 11.3. The fraction of sp³-hybridized carbons (Fsp3) is 0.207. The minimum Gasteiger partial charge on any atom is -0.507 e. The quantitative estimate of drug-likeness (QED) is 0.394. The highest BCUT2D eigenvalue weighted by Gasteiger charge is 2.51. The molecule has 0 amide bonds. The van der Waals surface area contributed by atoms with Crippen molar-refractivity contribution in [2.75, 3.05) is 7.11 Å². The van der Waals surface area contributed by atoms with Crippen molar-refractivity contribution in [1.29, 1.82) is 0 Å². The molecule has 4 rings (SSSR count). The lowest BCUT2D eigenvalue weighted by atomic mass is 9.84. The van der Waals surface area contributed by atoms with Crippen LogP contribution in [-0.4, -0.2) is 35.2 Å². The predicted molar refractivity (Wildman–Crippen MR) is 132 cm³/mol. The molecule has 6 nitrogen and oxygen atoms in total. The third-order valence-corrected chi connectivity index (χ3v) is 5.97. The smallest absolute Gasteiger partial charge is 0.335 e. The van der Waals surface area contributed by atoms with Crippen molar-refractivity contribution < 1.29 is 29.2 Å². The second-order valence-electron chi connectivity index (χ2n) is 8.26. The first kappa shape index (κ1) is 24.4. The Bertz CT molecular complexity index is 1190. The van der Waals surface area contributed by atoms with Gasteiger partial charge in [0.25, 0.3) is 5.79 Å². The molecule has 0 saturated heterocycles. The number of rotatable bonds is 10. The molecule has 0 saturated carbocycles. The topological polar surface area (TPSA) is 85.2 Å². The van der Waals surface area contributed by atoms with Gasteiger partial charge in [0, 0.05) is 7.11 Å². The standard InChI is InChI=1S/C29H28O6/c1-33-29(35-20-23-15-9-4-10-16-23)26(30)18-25(28(31)32)24(17-21-11-5-2-6-12-21)27(29)34-19-22-13-7-3-8-14-22/h2-16,18,27,30H,17,19-20H2,1H3,(H,31,32). The van der Waals surface area contributed by atoms with Gasteiger partial charge >= 0.3 is 5.97 Å². The van der Waals surface area contributed by atoms with E-state index in [0.29, 0.717) is 5.57 Å². The maximum absolute atomic E-state index is 12.2. The van der Waals surface area contributed by atoms with Gasteiger partial charge in [0.05, 0.1) is 18.8 Å². The van der Waals surface area contributed by atoms with Crippen LogP contribution in [0.5, 0.6) is 0 Å². The van der Waals surface area contributed by atoms with Gasteiger partial charge in [-0.2, -0.15) is 0 Å². The van der Waals surface area contributed by atoms with E-state index in [4.69, 9.17) is 14.2 Å². The lowest BCUT2D eigenvalue weighted by molar-refractivity contribution is -0.272. The molecule has 0 aromatic heterocycles. The van der Waals surface area contributed by atoms with Gasteiger partial charge in [0.1, 0.15) is 6.10 Å². The summed E-state index contributed by atoms with van der Waals surface area (Å²) in [6, 6.07) is 28.5. The second-order valence-corrected chi connectivity index (χ2v) is 8.26. The summed E-state index contributed by atoms with van der Waals surface area (Å²) in [6.07, 6.45) is 0.468. The lowest BCUT2D eigenvalue weighted by Crippen LogP contribution is -2.53. The number of methoxy groups -OCH3 is 1. The first-order chi connectivity index (χ1) is 17.0. The van der Waals surface area contributed by atoms with Crippen molar-refractivity contribution >= 4 is 5.97 Å². The van der Waals surface area contributed by atoms with Crippen LogP contribution < -0.4 is 0 Å². The van der Waals surface area contributed by atoms with E-state index in [-0.39, 0.29) is 31.0 Å². The third-order valence-electron chi connectivity index (χ3n) is 5.97. The summed E-state index contributed by atoms with van der Waals surface area (Å²) in [5, 5.41) is 21.1. The Labute approximate surface area is 204 Å². The fourth-order valence-electron chi connectivity index (χ4n) is 4.19. The lowest BCUT2D eigenvalue weighted by Gasteiger charge is -2.42. The Balaban J connectivity index is 1.76. The van der Waals surface area contributed by atoms with Crippen LogP contribution in [-0.2, 0) is 38.6 Å². The molecule has 0 radical (unpaired) electrons. The molecule has 0 aliphatic heterocycles. The first-order valence-electron chi connectivity index (χ1n) is 11.3. The van der Waals surface area contributed by atoms with E-state index in [1.165, 1.54) is 13.2 Å². The van der Waals surface area contributed by atoms with Crippen molar-refractivity contribution in [3.05, 3.63) is 131 Å². The van der Waals surface area contributed by atoms with Gasteiger partial charge in [0.2, 0.25) is 0 Å². The summed E-state index contributed by atoms with van der Waals surface area (Å²) >= 11 is 0. The molecule has 3 aromatic rings. The predicted octanol–water partition coefficient (Wildman–Crippen LogP) is 5.21. The van der Waals surface area contributed by atoms with Crippen LogP contribution in [0.1, 0.15) is 16.7 Å². The number of carbonyl (C=O) groups is 1. The van der Waals surface area contributed by atoms with E-state index >= 15 is 0 Å². The monoisotopic (exact) mass is 472 g/mol. The van der Waals surface area contributed by atoms with E-state index < -0.39 is 17.9 Å². The van der Waals surface area contributed by atoms with Gasteiger partial charge in [0.15, 0.2) is 5.76 Å². The van der Waals surface area contributed by atoms with Crippen LogP contribution in [0.25, 0.3) is 0 Å². The van der Waals surface area contributed by atoms with E-state index in [1.807, 2.05) is 91.0 Å². The number of aliphatic carboxylic acids is 1. The average molecular weight is 473 g/mol. The molecule has 0 spiro atoms. The highest BCUT2D eigenvalue weighted by molar-refractivity contribution is 5.92. The van der Waals surface area contributed by atoms with Crippen molar-refractivity contribution in [1.82, 2.24) is 0 Å². The van der Waals surface area contributed by atoms with Gasteiger partial charge < -0.3 is 24.4 Å². The fourth-order valence-corrected chi connectivity index (χ4v) is 4.19. The summed E-state index contributed by atoms with van der Waals surface area (Å²) in [6.45, 7) is 0.294. The highest BCUT2D eigenvalue weighted by Crippen LogP contribution is 2.40. The Morgan fingerprint density at radius 3 is 1.86 bits per heavy atom. The third kappa shape index (κ3) is 5.52. The number of hydrogen-bond acceptors (Lipinski definition) is 5. The molecule has 35 heavy (non-hydrogen) atoms. The van der Waals surface area contributed by atoms with Crippen molar-refractivity contribution in [2.45, 2.75) is 31.5 Å². The van der Waals surface area contributed by atoms with Crippen molar-refractivity contribution in [3.63, 3.8) is 0 Å². The average Bonchev–Trinajstić information content (AvgIpc) is 2.89. The van der Waals surface area contributed by atoms with E-state index in [2.05, 4.69) is 0 Å². The SMILES string of the molecule is COC1(OCc2ccccc2)C(O)=CC(C(=O)O)=C(Cc2ccccc2)C1OCc1ccccc1. The number of hydrogen-bond donors (Lipinski definition) is 2. The molecular formula is C29H28O6. The van der Waals surface area contributed by atoms with Crippen molar-refractivity contribution in [3.8, 4) is 0 Å². The molecular weight excluding hydrogens is 444 g/mol. The number of ether oxygens (including phenoxy) is 3. The van der Waals surface area contributed by atoms with Crippen molar-refractivity contribution in [2.24, 2.45) is 0 Å². The highest BCUT2D eigenvalue weighted by atomic mass is 16.7. The summed E-state index contributed by atoms with van der Waals surface area (Å²) in [5.74, 6) is -3.25. The molecule has 180 valence electrons. The van der Waals surface area contributed by atoms with E-state index in [0.717, 1.165) is 16.7 Å². The summed E-state index contributed by atoms with van der Waals surface area (Å²) < 4.78 is 18.4. The molecule has 6 heteroatoms. The number of aliphatic hydroxyl groups excluding tert-OH is 1. The Hall–Kier alpha value is -3.71. The molecule has 0 bridgehead atoms. The number of carboxylic acid groups (broad SMARTS) is 1. The molecule has 0 heterocycles. The number of aliphatic hydroxyl groups is 1. The molecule has 1 aliphatic carbocycles. The van der Waals surface area contributed by atoms with E-state index in [1.54, 1.807) is 0 Å². The van der Waals surface area contributed by atoms with Crippen LogP contribution in [0.4, 0.5) is 0 Å². The summed E-state index contributed by atoms with van der Waals surface area (Å²) in [5.41, 5.74) is 3.08. The summed E-state index contributed by atoms with van der Waals surface area (Å²) in [4.78, 5) is 12.2. The van der Waals surface area contributed by atoms with Crippen LogP contribution >= 0.6 is 0 Å². The molecule has 2 N–H and O–H groups in total. The van der Waals surface area contributed by atoms with Gasteiger partial charge in [-0.25, -0.2) is 4.79 Å². The van der Waals surface area contributed by atoms with E-state index in [9.17, 15) is 15.0 Å². The minimum atomic E-state index is -1.73. The minimum absolute atomic E-state index is 0.0413. The van der Waals surface area contributed by atoms with Gasteiger partial charge in [-0.3, -0.25) is 0 Å². The van der Waals surface area contributed by atoms with Crippen LogP contribution in [0.2, 0.25) is 0 Å². The maximum Gasteiger partial charge on any atom is 0.335 e. The maximum atomic E-state index is 12.2. The normalized spacial score (nSPS) is 19.9. The zero-order valence-electron chi connectivity index (χ0n) is 19.5. The van der Waals surface area contributed by atoms with Gasteiger partial charge in [-0.05, 0) is 34.8 Å². The Morgan fingerprint density at radius 2 is 1.34 bits per heavy atom. The largest absolute Gasteiger partial charge is 0.507 e. The molecule has 0 fully saturated rings. The molecule has 2 atom stereocenters.